The van der Waals surface area contributed by atoms with E-state index >= 15 is 0 Å². The third-order valence-electron chi connectivity index (χ3n) is 3.83. The fourth-order valence-corrected chi connectivity index (χ4v) is 2.38. The average molecular weight is 356 g/mol. The summed E-state index contributed by atoms with van der Waals surface area (Å²) in [4.78, 5) is 0. The highest BCUT2D eigenvalue weighted by atomic mass is 19.2. The Bertz CT molecular complexity index is 732. The van der Waals surface area contributed by atoms with Gasteiger partial charge in [-0.25, -0.2) is 13.2 Å². The number of hydrogen-bond acceptors (Lipinski definition) is 2. The Balaban J connectivity index is 2.35. The second-order valence-corrected chi connectivity index (χ2v) is 5.58. The number of rotatable bonds is 8. The van der Waals surface area contributed by atoms with Crippen molar-refractivity contribution in [1.29, 1.82) is 0 Å². The molecule has 0 saturated carbocycles. The molecule has 0 aliphatic heterocycles. The van der Waals surface area contributed by atoms with Crippen LogP contribution in [0.2, 0.25) is 0 Å². The van der Waals surface area contributed by atoms with Crippen LogP contribution in [0.4, 0.5) is 17.6 Å². The minimum atomic E-state index is -1.27. The molecule has 2 aromatic rings. The van der Waals surface area contributed by atoms with Gasteiger partial charge in [0.25, 0.3) is 0 Å². The first-order chi connectivity index (χ1) is 12.0. The molecule has 0 saturated heterocycles. The predicted molar refractivity (Wildman–Crippen MR) is 87.7 cm³/mol. The van der Waals surface area contributed by atoms with E-state index < -0.39 is 23.3 Å². The van der Waals surface area contributed by atoms with E-state index in [2.05, 4.69) is 0 Å². The molecule has 0 aromatic heterocycles. The molecule has 0 N–H and O–H groups in total. The van der Waals surface area contributed by atoms with Crippen molar-refractivity contribution in [1.82, 2.24) is 0 Å². The van der Waals surface area contributed by atoms with Crippen LogP contribution in [0.5, 0.6) is 5.75 Å². The predicted octanol–water partition coefficient (Wildman–Crippen LogP) is 5.28. The van der Waals surface area contributed by atoms with Crippen molar-refractivity contribution >= 4 is 0 Å². The second kappa shape index (κ2) is 8.85. The number of benzene rings is 2. The maximum atomic E-state index is 14.3. The molecule has 25 heavy (non-hydrogen) atoms. The smallest absolute Gasteiger partial charge is 0.201 e. The number of hydrogen-bond donors (Lipinski definition) is 0. The Labute approximate surface area is 144 Å². The van der Waals surface area contributed by atoms with E-state index in [9.17, 15) is 17.6 Å². The first-order valence-electron chi connectivity index (χ1n) is 8.08. The molecule has 0 atom stereocenters. The molecule has 0 heterocycles. The maximum Gasteiger partial charge on any atom is 0.201 e. The number of halogens is 4. The molecular formula is C19H20F4O2. The van der Waals surface area contributed by atoms with Crippen LogP contribution in [0.3, 0.4) is 0 Å². The Morgan fingerprint density at radius 3 is 2.08 bits per heavy atom. The minimum Gasteiger partial charge on any atom is -0.490 e. The Kier molecular flexibility index (Phi) is 6.82. The van der Waals surface area contributed by atoms with Crippen LogP contribution in [0.1, 0.15) is 25.3 Å². The van der Waals surface area contributed by atoms with Gasteiger partial charge in [0.2, 0.25) is 5.82 Å². The van der Waals surface area contributed by atoms with E-state index in [1.54, 1.807) is 0 Å². The lowest BCUT2D eigenvalue weighted by atomic mass is 10.0. The van der Waals surface area contributed by atoms with Crippen molar-refractivity contribution < 1.29 is 27.0 Å². The molecule has 2 nitrogen and oxygen atoms in total. The molecule has 0 fully saturated rings. The standard InChI is InChI=1S/C19H20F4O2/c1-3-4-10-25-15-8-7-14(18(22)19(15)23)13-6-5-12(9-11-24-2)16(20)17(13)21/h5-8H,3-4,9-11H2,1-2H3. The first-order valence-corrected chi connectivity index (χ1v) is 8.08. The van der Waals surface area contributed by atoms with Crippen molar-refractivity contribution in [2.45, 2.75) is 26.2 Å². The van der Waals surface area contributed by atoms with Crippen LogP contribution in [0.15, 0.2) is 24.3 Å². The van der Waals surface area contributed by atoms with E-state index in [0.29, 0.717) is 6.42 Å². The zero-order chi connectivity index (χ0) is 18.4. The van der Waals surface area contributed by atoms with Crippen LogP contribution in [-0.2, 0) is 11.2 Å². The maximum absolute atomic E-state index is 14.3. The Morgan fingerprint density at radius 1 is 0.800 bits per heavy atom. The van der Waals surface area contributed by atoms with Crippen LogP contribution in [-0.4, -0.2) is 20.3 Å². The second-order valence-electron chi connectivity index (χ2n) is 5.58. The summed E-state index contributed by atoms with van der Waals surface area (Å²) in [5, 5.41) is 0. The van der Waals surface area contributed by atoms with E-state index in [-0.39, 0.29) is 42.1 Å². The zero-order valence-corrected chi connectivity index (χ0v) is 14.2. The Hall–Kier alpha value is -2.08. The van der Waals surface area contributed by atoms with Crippen molar-refractivity contribution in [3.05, 3.63) is 53.1 Å². The lowest BCUT2D eigenvalue weighted by Crippen LogP contribution is -2.04. The monoisotopic (exact) mass is 356 g/mol. The van der Waals surface area contributed by atoms with Crippen LogP contribution in [0.25, 0.3) is 11.1 Å². The summed E-state index contributed by atoms with van der Waals surface area (Å²) in [6, 6.07) is 4.99. The van der Waals surface area contributed by atoms with Gasteiger partial charge >= 0.3 is 0 Å². The molecule has 2 rings (SSSR count). The van der Waals surface area contributed by atoms with Crippen molar-refractivity contribution in [3.63, 3.8) is 0 Å². The minimum absolute atomic E-state index is 0.114. The number of unbranched alkanes of at least 4 members (excludes halogenated alkanes) is 1. The largest absolute Gasteiger partial charge is 0.490 e. The van der Waals surface area contributed by atoms with Gasteiger partial charge in [0, 0.05) is 18.2 Å². The van der Waals surface area contributed by atoms with Crippen LogP contribution < -0.4 is 4.74 Å². The van der Waals surface area contributed by atoms with Gasteiger partial charge < -0.3 is 9.47 Å². The topological polar surface area (TPSA) is 18.5 Å². The van der Waals surface area contributed by atoms with Gasteiger partial charge in [-0.05, 0) is 30.5 Å². The highest BCUT2D eigenvalue weighted by molar-refractivity contribution is 5.66. The highest BCUT2D eigenvalue weighted by Gasteiger charge is 2.21. The summed E-state index contributed by atoms with van der Waals surface area (Å²) in [6.07, 6.45) is 1.73. The highest BCUT2D eigenvalue weighted by Crippen LogP contribution is 2.33. The van der Waals surface area contributed by atoms with Crippen molar-refractivity contribution in [2.75, 3.05) is 20.3 Å². The van der Waals surface area contributed by atoms with Gasteiger partial charge in [0.15, 0.2) is 23.2 Å². The number of ether oxygens (including phenoxy) is 2. The normalized spacial score (nSPS) is 11.0. The van der Waals surface area contributed by atoms with Crippen molar-refractivity contribution in [3.8, 4) is 16.9 Å². The molecule has 136 valence electrons. The average Bonchev–Trinajstić information content (AvgIpc) is 2.61. The molecule has 0 aliphatic rings. The van der Waals surface area contributed by atoms with E-state index in [1.807, 2.05) is 6.92 Å². The van der Waals surface area contributed by atoms with Crippen LogP contribution in [0, 0.1) is 23.3 Å². The van der Waals surface area contributed by atoms with Gasteiger partial charge in [-0.2, -0.15) is 4.39 Å². The molecule has 0 radical (unpaired) electrons. The molecule has 0 amide bonds. The fourth-order valence-electron chi connectivity index (χ4n) is 2.38. The summed E-state index contributed by atoms with van der Waals surface area (Å²) in [7, 11) is 1.45. The van der Waals surface area contributed by atoms with Gasteiger partial charge in [-0.3, -0.25) is 0 Å². The molecule has 0 spiro atoms. The first kappa shape index (κ1) is 19.2. The summed E-state index contributed by atoms with van der Waals surface area (Å²) in [6.45, 7) is 2.42. The molecule has 0 aliphatic carbocycles. The molecule has 2 aromatic carbocycles. The molecule has 0 bridgehead atoms. The van der Waals surface area contributed by atoms with Crippen molar-refractivity contribution in [2.24, 2.45) is 0 Å². The van der Waals surface area contributed by atoms with E-state index in [1.165, 1.54) is 31.4 Å². The summed E-state index contributed by atoms with van der Waals surface area (Å²) < 4.78 is 66.8. The Morgan fingerprint density at radius 2 is 1.44 bits per heavy atom. The summed E-state index contributed by atoms with van der Waals surface area (Å²) in [5.41, 5.74) is -0.575. The van der Waals surface area contributed by atoms with Gasteiger partial charge in [-0.1, -0.05) is 25.5 Å². The lowest BCUT2D eigenvalue weighted by Gasteiger charge is -2.12. The van der Waals surface area contributed by atoms with Crippen LogP contribution >= 0.6 is 0 Å². The van der Waals surface area contributed by atoms with Gasteiger partial charge in [0.05, 0.1) is 13.2 Å². The van der Waals surface area contributed by atoms with Gasteiger partial charge in [-0.15, -0.1) is 0 Å². The summed E-state index contributed by atoms with van der Waals surface area (Å²) >= 11 is 0. The quantitative estimate of drug-likeness (QED) is 0.473. The molecule has 6 heteroatoms. The summed E-state index contributed by atoms with van der Waals surface area (Å²) in [5.74, 6) is -5.02. The fraction of sp³-hybridized carbons (Fsp3) is 0.368. The lowest BCUT2D eigenvalue weighted by molar-refractivity contribution is 0.201. The van der Waals surface area contributed by atoms with E-state index in [0.717, 1.165) is 6.42 Å². The SMILES string of the molecule is CCCCOc1ccc(-c2ccc(CCOC)c(F)c2F)c(F)c1F. The third kappa shape index (κ3) is 4.31. The number of methoxy groups -OCH3 is 1. The molecule has 0 unspecified atom stereocenters. The van der Waals surface area contributed by atoms with E-state index in [4.69, 9.17) is 9.47 Å². The zero-order valence-electron chi connectivity index (χ0n) is 14.2. The third-order valence-corrected chi connectivity index (χ3v) is 3.83. The molecular weight excluding hydrogens is 336 g/mol. The van der Waals surface area contributed by atoms with Gasteiger partial charge in [0.1, 0.15) is 0 Å².